The van der Waals surface area contributed by atoms with Gasteiger partial charge in [0.1, 0.15) is 24.6 Å². The number of fused-ring (bicyclic) bond motifs is 1. The fourth-order valence-corrected chi connectivity index (χ4v) is 3.64. The highest BCUT2D eigenvalue weighted by atomic mass is 16.6. The van der Waals surface area contributed by atoms with Gasteiger partial charge >= 0.3 is 0 Å². The molecule has 2 amide bonds. The Kier molecular flexibility index (Phi) is 7.77. The van der Waals surface area contributed by atoms with Crippen molar-refractivity contribution in [3.63, 3.8) is 0 Å². The fraction of sp³-hybridized carbons (Fsp3) is 0.348. The first kappa shape index (κ1) is 24.4. The van der Waals surface area contributed by atoms with Crippen molar-refractivity contribution < 1.29 is 29.3 Å². The molecule has 0 bridgehead atoms. The average Bonchev–Trinajstić information content (AvgIpc) is 3.42. The van der Waals surface area contributed by atoms with Crippen LogP contribution < -0.4 is 10.6 Å². The van der Waals surface area contributed by atoms with Gasteiger partial charge in [-0.3, -0.25) is 14.2 Å². The first-order chi connectivity index (χ1) is 17.0. The van der Waals surface area contributed by atoms with E-state index in [2.05, 4.69) is 25.6 Å². The minimum absolute atomic E-state index is 0.192. The smallest absolute Gasteiger partial charge is 0.256 e. The number of amides is 2. The molecule has 3 aromatic rings. The van der Waals surface area contributed by atoms with E-state index in [-0.39, 0.29) is 23.1 Å². The first-order valence-corrected chi connectivity index (χ1v) is 11.0. The van der Waals surface area contributed by atoms with Crippen LogP contribution in [0.2, 0.25) is 0 Å². The summed E-state index contributed by atoms with van der Waals surface area (Å²) >= 11 is 0. The molecule has 1 aromatic carbocycles. The predicted octanol–water partition coefficient (Wildman–Crippen LogP) is 0.407. The van der Waals surface area contributed by atoms with Crippen molar-refractivity contribution in [1.82, 2.24) is 24.8 Å². The summed E-state index contributed by atoms with van der Waals surface area (Å²) in [5.41, 5.74) is 1.03. The first-order valence-electron chi connectivity index (χ1n) is 11.0. The zero-order chi connectivity index (χ0) is 24.8. The SMILES string of the molecule is COCCCNC(=O)/C=C/[C@H]1O[C@@H](n2cnc3c(NC(=O)c4ccccc4)ncnc32)[C@H](O)[C@@H]1O. The number of benzene rings is 1. The van der Waals surface area contributed by atoms with Crippen molar-refractivity contribution in [2.45, 2.75) is 31.0 Å². The van der Waals surface area contributed by atoms with Gasteiger partial charge in [-0.25, -0.2) is 15.0 Å². The van der Waals surface area contributed by atoms with Gasteiger partial charge in [-0.1, -0.05) is 18.2 Å². The molecule has 4 atom stereocenters. The number of hydrogen-bond donors (Lipinski definition) is 4. The number of methoxy groups -OCH3 is 1. The number of hydrogen-bond acceptors (Lipinski definition) is 9. The third kappa shape index (κ3) is 5.52. The summed E-state index contributed by atoms with van der Waals surface area (Å²) in [7, 11) is 1.58. The molecule has 35 heavy (non-hydrogen) atoms. The van der Waals surface area contributed by atoms with E-state index in [4.69, 9.17) is 9.47 Å². The monoisotopic (exact) mass is 482 g/mol. The molecule has 1 aliphatic heterocycles. The summed E-state index contributed by atoms with van der Waals surface area (Å²) in [4.78, 5) is 37.1. The third-order valence-electron chi connectivity index (χ3n) is 5.44. The van der Waals surface area contributed by atoms with Crippen molar-refractivity contribution in [3.05, 3.63) is 60.7 Å². The van der Waals surface area contributed by atoms with Crippen LogP contribution in [0.1, 0.15) is 23.0 Å². The highest BCUT2D eigenvalue weighted by Gasteiger charge is 2.43. The maximum absolute atomic E-state index is 12.5. The number of anilines is 1. The summed E-state index contributed by atoms with van der Waals surface area (Å²) in [5.74, 6) is -0.523. The van der Waals surface area contributed by atoms with Crippen LogP contribution in [-0.4, -0.2) is 80.1 Å². The summed E-state index contributed by atoms with van der Waals surface area (Å²) < 4.78 is 12.2. The van der Waals surface area contributed by atoms with Crippen molar-refractivity contribution in [2.24, 2.45) is 0 Å². The zero-order valence-electron chi connectivity index (χ0n) is 18.9. The molecule has 12 nitrogen and oxygen atoms in total. The number of carbonyl (C=O) groups excluding carboxylic acids is 2. The van der Waals surface area contributed by atoms with Gasteiger partial charge in [-0.05, 0) is 24.6 Å². The Morgan fingerprint density at radius 1 is 1.17 bits per heavy atom. The van der Waals surface area contributed by atoms with Crippen LogP contribution >= 0.6 is 0 Å². The molecule has 1 aliphatic rings. The summed E-state index contributed by atoms with van der Waals surface area (Å²) in [6.07, 6.45) is 1.39. The van der Waals surface area contributed by atoms with Crippen molar-refractivity contribution in [1.29, 1.82) is 0 Å². The molecule has 0 unspecified atom stereocenters. The van der Waals surface area contributed by atoms with Gasteiger partial charge in [-0.2, -0.15) is 0 Å². The van der Waals surface area contributed by atoms with E-state index in [1.165, 1.54) is 29.4 Å². The molecule has 1 saturated heterocycles. The lowest BCUT2D eigenvalue weighted by molar-refractivity contribution is -0.116. The van der Waals surface area contributed by atoms with Crippen LogP contribution in [-0.2, 0) is 14.3 Å². The van der Waals surface area contributed by atoms with Crippen molar-refractivity contribution >= 4 is 28.8 Å². The van der Waals surface area contributed by atoms with Gasteiger partial charge in [0.15, 0.2) is 23.2 Å². The normalized spacial score (nSPS) is 22.0. The van der Waals surface area contributed by atoms with Crippen LogP contribution in [0, 0.1) is 0 Å². The number of nitrogens with zero attached hydrogens (tertiary/aromatic N) is 4. The number of aliphatic hydroxyl groups is 2. The summed E-state index contributed by atoms with van der Waals surface area (Å²) in [6, 6.07) is 8.65. The molecule has 4 N–H and O–H groups in total. The number of aromatic nitrogens is 4. The molecule has 0 radical (unpaired) electrons. The zero-order valence-corrected chi connectivity index (χ0v) is 18.9. The molecular weight excluding hydrogens is 456 g/mol. The molecular formula is C23H26N6O6. The predicted molar refractivity (Wildman–Crippen MR) is 124 cm³/mol. The lowest BCUT2D eigenvalue weighted by atomic mass is 10.1. The second-order valence-electron chi connectivity index (χ2n) is 7.84. The van der Waals surface area contributed by atoms with Crippen LogP contribution in [0.3, 0.4) is 0 Å². The van der Waals surface area contributed by atoms with Gasteiger partial charge in [0.2, 0.25) is 5.91 Å². The largest absolute Gasteiger partial charge is 0.387 e. The van der Waals surface area contributed by atoms with E-state index in [1.807, 2.05) is 0 Å². The van der Waals surface area contributed by atoms with E-state index < -0.39 is 24.5 Å². The summed E-state index contributed by atoms with van der Waals surface area (Å²) in [5, 5.41) is 26.5. The Morgan fingerprint density at radius 2 is 1.97 bits per heavy atom. The van der Waals surface area contributed by atoms with Crippen LogP contribution in [0.5, 0.6) is 0 Å². The fourth-order valence-electron chi connectivity index (χ4n) is 3.64. The quantitative estimate of drug-likeness (QED) is 0.250. The molecule has 2 aromatic heterocycles. The molecule has 0 spiro atoms. The van der Waals surface area contributed by atoms with Gasteiger partial charge in [0, 0.05) is 31.9 Å². The highest BCUT2D eigenvalue weighted by molar-refractivity contribution is 6.06. The van der Waals surface area contributed by atoms with Gasteiger partial charge in [0.25, 0.3) is 5.91 Å². The molecule has 184 valence electrons. The lowest BCUT2D eigenvalue weighted by Crippen LogP contribution is -2.31. The number of ether oxygens (including phenoxy) is 2. The Labute approximate surface area is 200 Å². The van der Waals surface area contributed by atoms with E-state index >= 15 is 0 Å². The third-order valence-corrected chi connectivity index (χ3v) is 5.44. The Hall–Kier alpha value is -3.71. The van der Waals surface area contributed by atoms with E-state index in [1.54, 1.807) is 37.4 Å². The number of nitrogens with one attached hydrogen (secondary N) is 2. The molecule has 3 heterocycles. The molecule has 12 heteroatoms. The van der Waals surface area contributed by atoms with Gasteiger partial charge < -0.3 is 30.3 Å². The standard InChI is InChI=1S/C23H26N6O6/c1-34-11-5-10-24-16(30)9-8-15-18(31)19(32)23(35-15)29-13-27-17-20(25-12-26-21(17)29)28-22(33)14-6-3-2-4-7-14/h2-4,6-9,12-13,15,18-19,23,31-32H,5,10-11H2,1H3,(H,24,30)(H,25,26,28,33)/b9-8+/t15-,18-,19-,23-/m1/s1. The number of carbonyl (C=O) groups is 2. The van der Waals surface area contributed by atoms with E-state index in [0.717, 1.165) is 0 Å². The number of imidazole rings is 1. The highest BCUT2D eigenvalue weighted by Crippen LogP contribution is 2.32. The Bertz CT molecular complexity index is 1200. The van der Waals surface area contributed by atoms with E-state index in [9.17, 15) is 19.8 Å². The summed E-state index contributed by atoms with van der Waals surface area (Å²) in [6.45, 7) is 0.975. The second kappa shape index (κ2) is 11.1. The van der Waals surface area contributed by atoms with Crippen molar-refractivity contribution in [3.8, 4) is 0 Å². The topological polar surface area (TPSA) is 161 Å². The number of aliphatic hydroxyl groups excluding tert-OH is 2. The van der Waals surface area contributed by atoms with Crippen LogP contribution in [0.4, 0.5) is 5.82 Å². The van der Waals surface area contributed by atoms with Crippen molar-refractivity contribution in [2.75, 3.05) is 25.6 Å². The lowest BCUT2D eigenvalue weighted by Gasteiger charge is -2.16. The molecule has 4 rings (SSSR count). The van der Waals surface area contributed by atoms with Crippen LogP contribution in [0.15, 0.2) is 55.1 Å². The molecule has 0 saturated carbocycles. The average molecular weight is 482 g/mol. The van der Waals surface area contributed by atoms with Crippen LogP contribution in [0.25, 0.3) is 11.2 Å². The molecule has 1 fully saturated rings. The Morgan fingerprint density at radius 3 is 2.74 bits per heavy atom. The molecule has 0 aliphatic carbocycles. The van der Waals surface area contributed by atoms with E-state index in [0.29, 0.717) is 30.8 Å². The maximum atomic E-state index is 12.5. The van der Waals surface area contributed by atoms with Gasteiger partial charge in [0.05, 0.1) is 6.33 Å². The minimum atomic E-state index is -1.32. The maximum Gasteiger partial charge on any atom is 0.256 e. The van der Waals surface area contributed by atoms with Gasteiger partial charge in [-0.15, -0.1) is 0 Å². The number of rotatable bonds is 9. The minimum Gasteiger partial charge on any atom is -0.387 e. The Balaban J connectivity index is 1.47. The second-order valence-corrected chi connectivity index (χ2v) is 7.84.